The monoisotopic (exact) mass is 693 g/mol. The Morgan fingerprint density at radius 1 is 1.11 bits per heavy atom. The molecule has 2 amide bonds. The normalized spacial score (nSPS) is 26.8. The number of ether oxygens (including phenoxy) is 2. The van der Waals surface area contributed by atoms with E-state index in [1.807, 2.05) is 54.6 Å². The van der Waals surface area contributed by atoms with E-state index in [9.17, 15) is 19.5 Å². The van der Waals surface area contributed by atoms with Crippen molar-refractivity contribution < 1.29 is 29.0 Å². The lowest BCUT2D eigenvalue weighted by atomic mass is 9.70. The summed E-state index contributed by atoms with van der Waals surface area (Å²) in [5.41, 5.74) is 1.31. The fraction of sp³-hybridized carbons (Fsp3) is 0.472. The van der Waals surface area contributed by atoms with E-state index in [0.29, 0.717) is 24.9 Å². The molecular formula is C36H44BrN3O6. The molecule has 10 heteroatoms. The minimum absolute atomic E-state index is 0.141. The third-order valence-electron chi connectivity index (χ3n) is 9.59. The van der Waals surface area contributed by atoms with Crippen LogP contribution in [0.5, 0.6) is 0 Å². The molecule has 3 heterocycles. The quantitative estimate of drug-likeness (QED) is 0.127. The zero-order valence-corrected chi connectivity index (χ0v) is 28.2. The van der Waals surface area contributed by atoms with Crippen LogP contribution in [0.1, 0.15) is 32.3 Å². The lowest BCUT2D eigenvalue weighted by molar-refractivity contribution is -0.155. The maximum Gasteiger partial charge on any atom is 0.312 e. The van der Waals surface area contributed by atoms with E-state index < -0.39 is 41.6 Å². The summed E-state index contributed by atoms with van der Waals surface area (Å²) < 4.78 is 12.3. The summed E-state index contributed by atoms with van der Waals surface area (Å²) in [6.45, 7) is 13.5. The molecule has 3 aliphatic heterocycles. The van der Waals surface area contributed by atoms with Gasteiger partial charge in [0, 0.05) is 35.8 Å². The van der Waals surface area contributed by atoms with Crippen LogP contribution in [0.15, 0.2) is 79.9 Å². The van der Waals surface area contributed by atoms with Crippen molar-refractivity contribution in [2.24, 2.45) is 11.8 Å². The Kier molecular flexibility index (Phi) is 10.7. The minimum Gasteiger partial charge on any atom is -0.465 e. The third kappa shape index (κ3) is 6.02. The second-order valence-electron chi connectivity index (χ2n) is 12.1. The fourth-order valence-electron chi connectivity index (χ4n) is 7.52. The number of hydrogen-bond acceptors (Lipinski definition) is 7. The van der Waals surface area contributed by atoms with Gasteiger partial charge in [-0.15, -0.1) is 13.2 Å². The van der Waals surface area contributed by atoms with Gasteiger partial charge in [0.15, 0.2) is 0 Å². The molecule has 2 bridgehead atoms. The van der Waals surface area contributed by atoms with E-state index in [4.69, 9.17) is 9.47 Å². The van der Waals surface area contributed by atoms with Gasteiger partial charge < -0.3 is 29.3 Å². The number of aliphatic hydroxyl groups excluding tert-OH is 1. The molecule has 0 radical (unpaired) electrons. The highest BCUT2D eigenvalue weighted by atomic mass is 79.9. The van der Waals surface area contributed by atoms with Gasteiger partial charge in [0.05, 0.1) is 37.2 Å². The Hall–Kier alpha value is -3.47. The SMILES string of the molecule is C=CCCOC(=O)[C@H]1[C@H]2C(=O)N([C@@H](CO)Cc3ccccc3)C(C(=O)N(CC=C)c3ccc(N(CC)CC)cc3)C23CC(Br)[C@@H]1O3. The van der Waals surface area contributed by atoms with Gasteiger partial charge in [-0.05, 0) is 62.9 Å². The molecule has 3 unspecified atom stereocenters. The number of hydrogen-bond donors (Lipinski definition) is 1. The summed E-state index contributed by atoms with van der Waals surface area (Å²) in [6.07, 6.45) is 3.83. The number of benzene rings is 2. The van der Waals surface area contributed by atoms with E-state index in [0.717, 1.165) is 24.3 Å². The van der Waals surface area contributed by atoms with E-state index in [-0.39, 0.29) is 36.4 Å². The van der Waals surface area contributed by atoms with Gasteiger partial charge in [-0.2, -0.15) is 0 Å². The van der Waals surface area contributed by atoms with E-state index in [1.54, 1.807) is 17.1 Å². The lowest BCUT2D eigenvalue weighted by Gasteiger charge is -2.39. The number of amides is 2. The largest absolute Gasteiger partial charge is 0.465 e. The number of aliphatic hydroxyl groups is 1. The maximum atomic E-state index is 15.0. The van der Waals surface area contributed by atoms with Gasteiger partial charge in [0.1, 0.15) is 11.6 Å². The lowest BCUT2D eigenvalue weighted by Crippen LogP contribution is -2.59. The number of anilines is 2. The standard InChI is InChI=1S/C36H44BrN3O6/c1-5-9-20-45-35(44)29-30-33(42)40(27(23-41)21-24-13-11-10-12-14-24)32(36(30)22-28(37)31(29)46-36)34(43)39(19-6-2)26-17-15-25(16-18-26)38(7-3)8-4/h5-6,10-18,27-32,41H,1-2,7-9,19-23H2,3-4H3/t27-,28?,29+,30+,31+,32?,36?/m1/s1. The number of nitrogens with zero attached hydrogens (tertiary/aromatic N) is 3. The summed E-state index contributed by atoms with van der Waals surface area (Å²) in [6, 6.07) is 15.5. The van der Waals surface area contributed by atoms with Crippen molar-refractivity contribution in [2.75, 3.05) is 42.6 Å². The number of alkyl halides is 1. The Morgan fingerprint density at radius 3 is 2.39 bits per heavy atom. The average molecular weight is 695 g/mol. The van der Waals surface area contributed by atoms with E-state index in [2.05, 4.69) is 47.8 Å². The summed E-state index contributed by atoms with van der Waals surface area (Å²) in [4.78, 5) is 48.2. The highest BCUT2D eigenvalue weighted by Gasteiger charge is 2.77. The molecule has 9 nitrogen and oxygen atoms in total. The summed E-state index contributed by atoms with van der Waals surface area (Å²) in [5.74, 6) is -3.08. The van der Waals surface area contributed by atoms with Crippen LogP contribution in [0.3, 0.4) is 0 Å². The van der Waals surface area contributed by atoms with Crippen molar-refractivity contribution >= 4 is 45.1 Å². The van der Waals surface area contributed by atoms with Crippen molar-refractivity contribution in [2.45, 2.75) is 61.7 Å². The number of likely N-dealkylation sites (tertiary alicyclic amines) is 1. The molecule has 2 aromatic rings. The number of carbonyl (C=O) groups is 3. The predicted octanol–water partition coefficient (Wildman–Crippen LogP) is 4.52. The molecule has 46 heavy (non-hydrogen) atoms. The molecule has 0 aromatic heterocycles. The molecule has 3 aliphatic rings. The molecule has 1 N–H and O–H groups in total. The van der Waals surface area contributed by atoms with Crippen molar-refractivity contribution in [1.82, 2.24) is 4.90 Å². The number of carbonyl (C=O) groups excluding carboxylic acids is 3. The number of esters is 1. The summed E-state index contributed by atoms with van der Waals surface area (Å²) in [7, 11) is 0. The minimum atomic E-state index is -1.29. The Labute approximate surface area is 280 Å². The third-order valence-corrected chi connectivity index (χ3v) is 10.4. The smallest absolute Gasteiger partial charge is 0.312 e. The van der Waals surface area contributed by atoms with Gasteiger partial charge in [-0.3, -0.25) is 14.4 Å². The molecule has 3 fully saturated rings. The summed E-state index contributed by atoms with van der Waals surface area (Å²) in [5, 5.41) is 10.8. The first-order chi connectivity index (χ1) is 22.3. The topological polar surface area (TPSA) is 99.6 Å². The van der Waals surface area contributed by atoms with Crippen LogP contribution < -0.4 is 9.80 Å². The van der Waals surface area contributed by atoms with Crippen LogP contribution in [0.4, 0.5) is 11.4 Å². The first kappa shape index (κ1) is 33.9. The van der Waals surface area contributed by atoms with Gasteiger partial charge >= 0.3 is 5.97 Å². The van der Waals surface area contributed by atoms with Crippen LogP contribution in [0.2, 0.25) is 0 Å². The molecule has 7 atom stereocenters. The zero-order valence-electron chi connectivity index (χ0n) is 26.6. The molecule has 3 saturated heterocycles. The van der Waals surface area contributed by atoms with Crippen LogP contribution in [-0.2, 0) is 30.3 Å². The Balaban J connectivity index is 1.58. The van der Waals surface area contributed by atoms with E-state index in [1.165, 1.54) is 4.90 Å². The first-order valence-electron chi connectivity index (χ1n) is 16.1. The van der Waals surface area contributed by atoms with Gasteiger partial charge in [0.25, 0.3) is 5.91 Å². The molecule has 246 valence electrons. The van der Waals surface area contributed by atoms with Crippen molar-refractivity contribution in [3.8, 4) is 0 Å². The molecule has 0 aliphatic carbocycles. The molecule has 5 rings (SSSR count). The van der Waals surface area contributed by atoms with Crippen molar-refractivity contribution in [1.29, 1.82) is 0 Å². The Bertz CT molecular complexity index is 1420. The van der Waals surface area contributed by atoms with Gasteiger partial charge in [0.2, 0.25) is 5.91 Å². The van der Waals surface area contributed by atoms with Gasteiger partial charge in [-0.1, -0.05) is 58.4 Å². The fourth-order valence-corrected chi connectivity index (χ4v) is 8.46. The highest BCUT2D eigenvalue weighted by molar-refractivity contribution is 9.09. The van der Waals surface area contributed by atoms with E-state index >= 15 is 0 Å². The van der Waals surface area contributed by atoms with Crippen LogP contribution in [-0.4, -0.2) is 89.3 Å². The first-order valence-corrected chi connectivity index (χ1v) is 17.0. The average Bonchev–Trinajstić information content (AvgIpc) is 3.67. The van der Waals surface area contributed by atoms with Crippen LogP contribution in [0.25, 0.3) is 0 Å². The Morgan fingerprint density at radius 2 is 1.78 bits per heavy atom. The number of halogens is 1. The summed E-state index contributed by atoms with van der Waals surface area (Å²) >= 11 is 3.72. The highest BCUT2D eigenvalue weighted by Crippen LogP contribution is 2.61. The molecule has 2 aromatic carbocycles. The van der Waals surface area contributed by atoms with Crippen molar-refractivity contribution in [3.05, 3.63) is 85.5 Å². The van der Waals surface area contributed by atoms with Crippen LogP contribution >= 0.6 is 15.9 Å². The van der Waals surface area contributed by atoms with Gasteiger partial charge in [-0.25, -0.2) is 0 Å². The second-order valence-corrected chi connectivity index (χ2v) is 13.3. The number of rotatable bonds is 15. The number of fused-ring (bicyclic) bond motifs is 1. The maximum absolute atomic E-state index is 15.0. The van der Waals surface area contributed by atoms with Crippen LogP contribution in [0, 0.1) is 11.8 Å². The molecule has 1 spiro atoms. The molecular weight excluding hydrogens is 650 g/mol. The predicted molar refractivity (Wildman–Crippen MR) is 182 cm³/mol. The second kappa shape index (κ2) is 14.5. The molecule has 0 saturated carbocycles. The van der Waals surface area contributed by atoms with Crippen molar-refractivity contribution in [3.63, 3.8) is 0 Å². The zero-order chi connectivity index (χ0) is 33.0.